The topological polar surface area (TPSA) is 64.1 Å². The van der Waals surface area contributed by atoms with E-state index in [-0.39, 0.29) is 12.3 Å². The number of anilines is 1. The number of hydrogen-bond donors (Lipinski definition) is 1. The van der Waals surface area contributed by atoms with Crippen LogP contribution in [0.3, 0.4) is 0 Å². The first-order valence-corrected chi connectivity index (χ1v) is 9.42. The number of nitrogens with zero attached hydrogens (tertiary/aromatic N) is 2. The maximum atomic E-state index is 12.2. The number of ketones is 1. The van der Waals surface area contributed by atoms with E-state index in [9.17, 15) is 4.79 Å². The van der Waals surface area contributed by atoms with Crippen LogP contribution in [0.2, 0.25) is 0 Å². The molecule has 0 saturated carbocycles. The number of rotatable bonds is 8. The number of ether oxygens (including phenoxy) is 1. The lowest BCUT2D eigenvalue weighted by Gasteiger charge is -2.03. The largest absolute Gasteiger partial charge is 0.497 e. The molecule has 0 radical (unpaired) electrons. The zero-order valence-electron chi connectivity index (χ0n) is 13.6. The Bertz CT molecular complexity index is 820. The summed E-state index contributed by atoms with van der Waals surface area (Å²) in [6.45, 7) is 0.185. The summed E-state index contributed by atoms with van der Waals surface area (Å²) in [7, 11) is 1.60. The van der Waals surface area contributed by atoms with E-state index in [2.05, 4.69) is 26.8 Å². The highest BCUT2D eigenvalue weighted by Gasteiger charge is 2.09. The molecule has 0 bridgehead atoms. The molecule has 0 saturated heterocycles. The highest BCUT2D eigenvalue weighted by molar-refractivity contribution is 7.98. The predicted octanol–water partition coefficient (Wildman–Crippen LogP) is 4.13. The number of methoxy groups -OCH3 is 1. The summed E-state index contributed by atoms with van der Waals surface area (Å²) < 4.78 is 9.40. The summed E-state index contributed by atoms with van der Waals surface area (Å²) in [5, 5.41) is 4.41. The van der Waals surface area contributed by atoms with Gasteiger partial charge in [0.15, 0.2) is 5.78 Å². The molecule has 3 aromatic rings. The number of carbonyl (C=O) groups is 1. The molecular formula is C18H17N3O2S2. The molecule has 1 N–H and O–H groups in total. The normalized spacial score (nSPS) is 10.4. The van der Waals surface area contributed by atoms with E-state index in [1.54, 1.807) is 43.1 Å². The van der Waals surface area contributed by atoms with Gasteiger partial charge in [-0.25, -0.2) is 0 Å². The second-order valence-electron chi connectivity index (χ2n) is 5.16. The molecule has 0 aliphatic carbocycles. The van der Waals surface area contributed by atoms with E-state index >= 15 is 0 Å². The molecule has 0 aliphatic heterocycles. The van der Waals surface area contributed by atoms with Crippen molar-refractivity contribution >= 4 is 34.2 Å². The second-order valence-corrected chi connectivity index (χ2v) is 6.86. The van der Waals surface area contributed by atoms with Crippen molar-refractivity contribution in [2.75, 3.05) is 19.0 Å². The van der Waals surface area contributed by atoms with Gasteiger partial charge in [0.2, 0.25) is 10.3 Å². The lowest BCUT2D eigenvalue weighted by atomic mass is 10.1. The van der Waals surface area contributed by atoms with Crippen LogP contribution in [0.5, 0.6) is 5.75 Å². The van der Waals surface area contributed by atoms with Crippen molar-refractivity contribution in [2.24, 2.45) is 0 Å². The van der Waals surface area contributed by atoms with E-state index < -0.39 is 0 Å². The molecule has 3 rings (SSSR count). The van der Waals surface area contributed by atoms with Gasteiger partial charge >= 0.3 is 0 Å². The van der Waals surface area contributed by atoms with Gasteiger partial charge in [-0.15, -0.1) is 0 Å². The second kappa shape index (κ2) is 8.64. The van der Waals surface area contributed by atoms with Crippen molar-refractivity contribution in [1.29, 1.82) is 0 Å². The van der Waals surface area contributed by atoms with Gasteiger partial charge in [-0.1, -0.05) is 42.1 Å². The van der Waals surface area contributed by atoms with E-state index in [0.29, 0.717) is 15.9 Å². The third-order valence-electron chi connectivity index (χ3n) is 3.43. The zero-order chi connectivity index (χ0) is 17.5. The van der Waals surface area contributed by atoms with Gasteiger partial charge in [0, 0.05) is 22.8 Å². The van der Waals surface area contributed by atoms with Crippen LogP contribution in [0.4, 0.5) is 5.13 Å². The van der Waals surface area contributed by atoms with Crippen LogP contribution in [0.15, 0.2) is 59.8 Å². The van der Waals surface area contributed by atoms with Gasteiger partial charge < -0.3 is 10.1 Å². The predicted molar refractivity (Wildman–Crippen MR) is 102 cm³/mol. The van der Waals surface area contributed by atoms with Gasteiger partial charge in [0.05, 0.1) is 13.7 Å². The van der Waals surface area contributed by atoms with Crippen LogP contribution in [-0.4, -0.2) is 28.8 Å². The molecule has 0 fully saturated rings. The van der Waals surface area contributed by atoms with E-state index in [0.717, 1.165) is 11.5 Å². The average molecular weight is 371 g/mol. The fraction of sp³-hybridized carbons (Fsp3) is 0.167. The number of carbonyl (C=O) groups excluding carboxylic acids is 1. The number of thioether (sulfide) groups is 1. The van der Waals surface area contributed by atoms with Crippen LogP contribution in [0.1, 0.15) is 15.9 Å². The molecule has 7 heteroatoms. The average Bonchev–Trinajstić information content (AvgIpc) is 3.13. The molecule has 1 aromatic heterocycles. The van der Waals surface area contributed by atoms with Gasteiger partial charge in [-0.05, 0) is 29.8 Å². The molecule has 0 aliphatic rings. The Morgan fingerprint density at radius 3 is 2.64 bits per heavy atom. The number of aromatic nitrogens is 2. The van der Waals surface area contributed by atoms with Gasteiger partial charge in [0.1, 0.15) is 5.75 Å². The van der Waals surface area contributed by atoms with Crippen LogP contribution in [-0.2, 0) is 5.75 Å². The third kappa shape index (κ3) is 5.04. The fourth-order valence-corrected chi connectivity index (χ4v) is 3.59. The van der Waals surface area contributed by atoms with Crippen molar-refractivity contribution in [3.8, 4) is 5.75 Å². The monoisotopic (exact) mass is 371 g/mol. The first-order chi connectivity index (χ1) is 12.2. The van der Waals surface area contributed by atoms with Crippen LogP contribution in [0.25, 0.3) is 0 Å². The molecule has 0 spiro atoms. The minimum absolute atomic E-state index is 0.00339. The SMILES string of the molecule is COc1ccc(C(=O)CNc2nc(SCc3ccccc3)ns2)cc1. The molecule has 0 amide bonds. The Morgan fingerprint density at radius 1 is 1.16 bits per heavy atom. The molecular weight excluding hydrogens is 354 g/mol. The lowest BCUT2D eigenvalue weighted by Crippen LogP contribution is -2.13. The van der Waals surface area contributed by atoms with Gasteiger partial charge in [-0.3, -0.25) is 4.79 Å². The maximum absolute atomic E-state index is 12.2. The summed E-state index contributed by atoms with van der Waals surface area (Å²) in [6.07, 6.45) is 0. The molecule has 0 unspecified atom stereocenters. The summed E-state index contributed by atoms with van der Waals surface area (Å²) in [5.74, 6) is 1.55. The standard InChI is InChI=1S/C18H17N3O2S2/c1-23-15-9-7-14(8-10-15)16(22)11-19-17-20-18(21-25-17)24-12-13-5-3-2-4-6-13/h2-10H,11-12H2,1H3,(H,19,20,21). The van der Waals surface area contributed by atoms with Gasteiger partial charge in [0.25, 0.3) is 0 Å². The Morgan fingerprint density at radius 2 is 1.92 bits per heavy atom. The maximum Gasteiger partial charge on any atom is 0.203 e. The number of Topliss-reactive ketones (excluding diaryl/α,β-unsaturated/α-hetero) is 1. The Labute approximate surface area is 154 Å². The van der Waals surface area contributed by atoms with Crippen molar-refractivity contribution in [3.63, 3.8) is 0 Å². The highest BCUT2D eigenvalue weighted by Crippen LogP contribution is 2.23. The summed E-state index contributed by atoms with van der Waals surface area (Å²) in [4.78, 5) is 16.6. The van der Waals surface area contributed by atoms with E-state index in [4.69, 9.17) is 4.74 Å². The van der Waals surface area contributed by atoms with Crippen LogP contribution < -0.4 is 10.1 Å². The first-order valence-electron chi connectivity index (χ1n) is 7.66. The molecule has 0 atom stereocenters. The highest BCUT2D eigenvalue weighted by atomic mass is 32.2. The molecule has 5 nitrogen and oxygen atoms in total. The minimum atomic E-state index is -0.00339. The van der Waals surface area contributed by atoms with Crippen molar-refractivity contribution < 1.29 is 9.53 Å². The Balaban J connectivity index is 1.50. The molecule has 128 valence electrons. The van der Waals surface area contributed by atoms with Crippen molar-refractivity contribution in [3.05, 3.63) is 65.7 Å². The molecule has 2 aromatic carbocycles. The summed E-state index contributed by atoms with van der Waals surface area (Å²) in [6, 6.07) is 17.2. The number of benzene rings is 2. The minimum Gasteiger partial charge on any atom is -0.497 e. The molecule has 1 heterocycles. The van der Waals surface area contributed by atoms with Gasteiger partial charge in [-0.2, -0.15) is 9.36 Å². The number of nitrogens with one attached hydrogen (secondary N) is 1. The van der Waals surface area contributed by atoms with Crippen molar-refractivity contribution in [2.45, 2.75) is 10.9 Å². The Hall–Kier alpha value is -2.38. The van der Waals surface area contributed by atoms with E-state index in [1.165, 1.54) is 17.1 Å². The van der Waals surface area contributed by atoms with Crippen LogP contribution >= 0.6 is 23.3 Å². The fourth-order valence-electron chi connectivity index (χ4n) is 2.10. The smallest absolute Gasteiger partial charge is 0.203 e. The quantitative estimate of drug-likeness (QED) is 0.474. The summed E-state index contributed by atoms with van der Waals surface area (Å²) in [5.41, 5.74) is 1.86. The first kappa shape index (κ1) is 17.4. The zero-order valence-corrected chi connectivity index (χ0v) is 15.3. The Kier molecular flexibility index (Phi) is 6.03. The third-order valence-corrected chi connectivity index (χ3v) is 5.14. The van der Waals surface area contributed by atoms with E-state index in [1.807, 2.05) is 18.2 Å². The summed E-state index contributed by atoms with van der Waals surface area (Å²) >= 11 is 2.84. The van der Waals surface area contributed by atoms with Crippen molar-refractivity contribution in [1.82, 2.24) is 9.36 Å². The molecule has 25 heavy (non-hydrogen) atoms. The van der Waals surface area contributed by atoms with Crippen LogP contribution in [0, 0.1) is 0 Å². The lowest BCUT2D eigenvalue weighted by molar-refractivity contribution is 0.101. The number of hydrogen-bond acceptors (Lipinski definition) is 7.